The number of carbonyl (C=O) groups excluding carboxylic acids is 1. The van der Waals surface area contributed by atoms with Gasteiger partial charge in [-0.2, -0.15) is 9.78 Å². The van der Waals surface area contributed by atoms with E-state index >= 15 is 4.39 Å². The summed E-state index contributed by atoms with van der Waals surface area (Å²) in [6.45, 7) is 2.19. The normalized spacial score (nSPS) is 13.1. The smallest absolute Gasteiger partial charge is 0.407 e. The van der Waals surface area contributed by atoms with E-state index in [1.807, 2.05) is 4.90 Å². The highest BCUT2D eigenvalue weighted by molar-refractivity contribution is 6.04. The van der Waals surface area contributed by atoms with Gasteiger partial charge in [0.05, 0.1) is 12.2 Å². The lowest BCUT2D eigenvalue weighted by molar-refractivity contribution is 0.102. The van der Waals surface area contributed by atoms with Crippen molar-refractivity contribution in [3.63, 3.8) is 0 Å². The summed E-state index contributed by atoms with van der Waals surface area (Å²) in [4.78, 5) is 44.2. The molecule has 0 spiro atoms. The van der Waals surface area contributed by atoms with E-state index in [1.54, 1.807) is 0 Å². The molecule has 2 aromatic heterocycles. The van der Waals surface area contributed by atoms with Crippen molar-refractivity contribution in [2.75, 3.05) is 43.8 Å². The van der Waals surface area contributed by atoms with Crippen LogP contribution in [0.1, 0.15) is 15.9 Å². The van der Waals surface area contributed by atoms with Crippen LogP contribution < -0.4 is 21.3 Å². The van der Waals surface area contributed by atoms with Crippen LogP contribution in [0, 0.1) is 23.5 Å². The fourth-order valence-electron chi connectivity index (χ4n) is 4.34. The number of piperazine rings is 1. The zero-order valence-electron chi connectivity index (χ0n) is 23.0. The number of carbonyl (C=O) groups is 2. The van der Waals surface area contributed by atoms with Gasteiger partial charge in [0.15, 0.2) is 11.6 Å². The highest BCUT2D eigenvalue weighted by Crippen LogP contribution is 2.30. The molecule has 1 aliphatic heterocycles. The monoisotopic (exact) mass is 601 g/mol. The second-order valence-electron chi connectivity index (χ2n) is 9.56. The van der Waals surface area contributed by atoms with E-state index in [0.717, 1.165) is 22.9 Å². The van der Waals surface area contributed by atoms with E-state index in [1.165, 1.54) is 53.7 Å². The van der Waals surface area contributed by atoms with E-state index in [4.69, 9.17) is 15.6 Å². The van der Waals surface area contributed by atoms with E-state index in [-0.39, 0.29) is 39.8 Å². The molecular weight excluding hydrogens is 576 g/mol. The number of hydrogen-bond donors (Lipinski definition) is 3. The quantitative estimate of drug-likeness (QED) is 0.283. The van der Waals surface area contributed by atoms with Gasteiger partial charge in [0.1, 0.15) is 28.5 Å². The predicted octanol–water partition coefficient (Wildman–Crippen LogP) is 3.18. The first-order valence-corrected chi connectivity index (χ1v) is 13.3. The van der Waals surface area contributed by atoms with Crippen LogP contribution in [0.5, 0.6) is 11.5 Å². The summed E-state index contributed by atoms with van der Waals surface area (Å²) in [6.07, 6.45) is 1.68. The van der Waals surface area contributed by atoms with Gasteiger partial charge in [-0.25, -0.2) is 18.6 Å². The lowest BCUT2D eigenvalue weighted by Crippen LogP contribution is -2.48. The number of nitrogen functional groups attached to an aromatic ring is 1. The number of amides is 2. The van der Waals surface area contributed by atoms with Crippen molar-refractivity contribution in [3.05, 3.63) is 100 Å². The largest absolute Gasteiger partial charge is 0.465 e. The molecule has 12 nitrogen and oxygen atoms in total. The maximum Gasteiger partial charge on any atom is 0.407 e. The molecule has 224 valence electrons. The van der Waals surface area contributed by atoms with Crippen molar-refractivity contribution in [3.8, 4) is 29.0 Å². The van der Waals surface area contributed by atoms with Crippen LogP contribution in [0.2, 0.25) is 0 Å². The number of pyridine rings is 1. The molecule has 0 radical (unpaired) electrons. The summed E-state index contributed by atoms with van der Waals surface area (Å²) in [5.41, 5.74) is 5.58. The van der Waals surface area contributed by atoms with E-state index in [2.05, 4.69) is 27.2 Å². The van der Waals surface area contributed by atoms with Gasteiger partial charge in [0.25, 0.3) is 11.5 Å². The molecule has 0 unspecified atom stereocenters. The Morgan fingerprint density at radius 2 is 1.75 bits per heavy atom. The molecule has 1 fully saturated rings. The number of nitrogens with one attached hydrogen (secondary N) is 1. The number of aromatic nitrogens is 3. The Morgan fingerprint density at radius 1 is 1.00 bits per heavy atom. The maximum absolute atomic E-state index is 15.1. The minimum absolute atomic E-state index is 0.0571. The first-order chi connectivity index (χ1) is 21.2. The van der Waals surface area contributed by atoms with Gasteiger partial charge in [-0.3, -0.25) is 14.5 Å². The summed E-state index contributed by atoms with van der Waals surface area (Å²) >= 11 is 0. The topological polar surface area (TPSA) is 156 Å². The standard InChI is InChI=1S/C30H25F2N7O5/c31-19-3-6-21(7-4-19)39-29(41)23(9-12-35-39)28(40)36-20-5-8-26(24(32)18-20)44-25-10-11-34-27(33)22(25)2-1-13-37-14-16-38(17-15-37)30(42)43/h3-12,18H,13-17H2,(H2,33,34)(H,36,40)(H,42,43). The third kappa shape index (κ3) is 6.80. The number of benzene rings is 2. The van der Waals surface area contributed by atoms with E-state index in [9.17, 15) is 18.8 Å². The van der Waals surface area contributed by atoms with Crippen LogP contribution in [-0.4, -0.2) is 74.4 Å². The Hall–Kier alpha value is -5.81. The average Bonchev–Trinajstić information content (AvgIpc) is 3.00. The first-order valence-electron chi connectivity index (χ1n) is 13.3. The Labute approximate surface area is 249 Å². The molecule has 2 aromatic carbocycles. The number of ether oxygens (including phenoxy) is 1. The number of hydrogen-bond acceptors (Lipinski definition) is 8. The van der Waals surface area contributed by atoms with Gasteiger partial charge in [0, 0.05) is 56.4 Å². The molecule has 0 bridgehead atoms. The van der Waals surface area contributed by atoms with Crippen molar-refractivity contribution in [2.45, 2.75) is 0 Å². The van der Waals surface area contributed by atoms with Crippen molar-refractivity contribution in [2.24, 2.45) is 0 Å². The van der Waals surface area contributed by atoms with Crippen LogP contribution in [0.15, 0.2) is 71.8 Å². The molecule has 5 rings (SSSR count). The number of nitrogens with two attached hydrogens (primary N) is 1. The number of anilines is 2. The number of halogens is 2. The lowest BCUT2D eigenvalue weighted by atomic mass is 10.2. The van der Waals surface area contributed by atoms with Crippen LogP contribution in [0.3, 0.4) is 0 Å². The zero-order chi connectivity index (χ0) is 31.2. The van der Waals surface area contributed by atoms with Crippen LogP contribution >= 0.6 is 0 Å². The molecule has 1 saturated heterocycles. The fraction of sp³-hybridized carbons (Fsp3) is 0.167. The highest BCUT2D eigenvalue weighted by atomic mass is 19.1. The summed E-state index contributed by atoms with van der Waals surface area (Å²) in [5.74, 6) is 3.86. The Morgan fingerprint density at radius 3 is 2.45 bits per heavy atom. The fourth-order valence-corrected chi connectivity index (χ4v) is 4.34. The molecule has 0 saturated carbocycles. The van der Waals surface area contributed by atoms with Crippen molar-refractivity contribution >= 4 is 23.5 Å². The van der Waals surface area contributed by atoms with Crippen LogP contribution in [0.4, 0.5) is 25.1 Å². The summed E-state index contributed by atoms with van der Waals surface area (Å²) < 4.78 is 35.1. The second kappa shape index (κ2) is 13.0. The number of carboxylic acid groups (broad SMARTS) is 1. The lowest BCUT2D eigenvalue weighted by Gasteiger charge is -2.31. The van der Waals surface area contributed by atoms with Gasteiger partial charge in [-0.15, -0.1) is 0 Å². The Balaban J connectivity index is 1.27. The number of nitrogens with zero attached hydrogens (tertiary/aromatic N) is 5. The van der Waals surface area contributed by atoms with Gasteiger partial charge in [0.2, 0.25) is 0 Å². The SMILES string of the molecule is Nc1nccc(Oc2ccc(NC(=O)c3ccnn(-c4ccc(F)cc4)c3=O)cc2F)c1C#CCN1CCN(C(=O)O)CC1. The molecule has 3 heterocycles. The van der Waals surface area contributed by atoms with E-state index in [0.29, 0.717) is 32.7 Å². The van der Waals surface area contributed by atoms with Gasteiger partial charge in [-0.1, -0.05) is 11.8 Å². The average molecular weight is 602 g/mol. The van der Waals surface area contributed by atoms with Crippen molar-refractivity contribution in [1.29, 1.82) is 0 Å². The predicted molar refractivity (Wildman–Crippen MR) is 156 cm³/mol. The Bertz CT molecular complexity index is 1830. The summed E-state index contributed by atoms with van der Waals surface area (Å²) in [5, 5.41) is 15.5. The molecule has 1 aliphatic rings. The molecule has 4 N–H and O–H groups in total. The molecule has 0 aliphatic carbocycles. The van der Waals surface area contributed by atoms with Gasteiger partial charge >= 0.3 is 6.09 Å². The van der Waals surface area contributed by atoms with Crippen molar-refractivity contribution < 1.29 is 28.2 Å². The Kier molecular flexibility index (Phi) is 8.77. The minimum atomic E-state index is -0.954. The minimum Gasteiger partial charge on any atom is -0.465 e. The molecule has 4 aromatic rings. The van der Waals surface area contributed by atoms with Crippen LogP contribution in [-0.2, 0) is 0 Å². The molecule has 44 heavy (non-hydrogen) atoms. The van der Waals surface area contributed by atoms with Gasteiger partial charge in [-0.05, 0) is 42.5 Å². The highest BCUT2D eigenvalue weighted by Gasteiger charge is 2.20. The molecular formula is C30H25F2N7O5. The zero-order valence-corrected chi connectivity index (χ0v) is 23.0. The molecule has 14 heteroatoms. The van der Waals surface area contributed by atoms with E-state index < -0.39 is 29.2 Å². The third-order valence-corrected chi connectivity index (χ3v) is 6.67. The first kappa shape index (κ1) is 29.7. The molecule has 2 amide bonds. The number of rotatable bonds is 6. The summed E-state index contributed by atoms with van der Waals surface area (Å²) in [7, 11) is 0. The molecule has 0 atom stereocenters. The van der Waals surface area contributed by atoms with Gasteiger partial charge < -0.3 is 25.8 Å². The third-order valence-electron chi connectivity index (χ3n) is 6.67. The summed E-state index contributed by atoms with van der Waals surface area (Å²) in [6, 6.07) is 11.4. The van der Waals surface area contributed by atoms with Crippen LogP contribution in [0.25, 0.3) is 5.69 Å². The maximum atomic E-state index is 15.1. The second-order valence-corrected chi connectivity index (χ2v) is 9.56. The van der Waals surface area contributed by atoms with Crippen molar-refractivity contribution in [1.82, 2.24) is 24.6 Å².